The Hall–Kier alpha value is -3.07. The number of amides is 1. The Labute approximate surface area is 154 Å². The lowest BCUT2D eigenvalue weighted by atomic mass is 10.1. The van der Waals surface area contributed by atoms with E-state index in [-0.39, 0.29) is 5.91 Å². The van der Waals surface area contributed by atoms with Crippen LogP contribution in [-0.4, -0.2) is 5.91 Å². The fraction of sp³-hybridized carbons (Fsp3) is 0.174. The summed E-state index contributed by atoms with van der Waals surface area (Å²) in [7, 11) is 0. The highest BCUT2D eigenvalue weighted by Gasteiger charge is 2.09. The summed E-state index contributed by atoms with van der Waals surface area (Å²) in [6.45, 7) is 6.51. The Kier molecular flexibility index (Phi) is 5.37. The van der Waals surface area contributed by atoms with Crippen LogP contribution in [0.4, 0.5) is 5.69 Å². The van der Waals surface area contributed by atoms with Crippen LogP contribution in [0.25, 0.3) is 0 Å². The van der Waals surface area contributed by atoms with Crippen molar-refractivity contribution in [2.45, 2.75) is 27.4 Å². The quantitative estimate of drug-likeness (QED) is 0.668. The highest BCUT2D eigenvalue weighted by atomic mass is 16.5. The molecule has 0 aliphatic rings. The third-order valence-electron chi connectivity index (χ3n) is 4.36. The van der Waals surface area contributed by atoms with Crippen LogP contribution >= 0.6 is 0 Å². The molecule has 3 heteroatoms. The molecule has 0 aliphatic carbocycles. The van der Waals surface area contributed by atoms with Crippen molar-refractivity contribution >= 4 is 11.6 Å². The number of nitrogens with one attached hydrogen (secondary N) is 1. The average molecular weight is 345 g/mol. The molecule has 0 unspecified atom stereocenters. The minimum Gasteiger partial charge on any atom is -0.489 e. The average Bonchev–Trinajstić information content (AvgIpc) is 2.65. The van der Waals surface area contributed by atoms with Gasteiger partial charge in [-0.1, -0.05) is 48.0 Å². The molecule has 3 aromatic carbocycles. The molecule has 0 heterocycles. The van der Waals surface area contributed by atoms with Crippen LogP contribution in [0, 0.1) is 20.8 Å². The number of anilines is 1. The second kappa shape index (κ2) is 7.87. The lowest BCUT2D eigenvalue weighted by molar-refractivity contribution is 0.102. The minimum atomic E-state index is -0.103. The van der Waals surface area contributed by atoms with E-state index in [1.54, 1.807) is 0 Å². The third-order valence-corrected chi connectivity index (χ3v) is 4.36. The van der Waals surface area contributed by atoms with Crippen molar-refractivity contribution in [3.05, 3.63) is 94.5 Å². The van der Waals surface area contributed by atoms with Gasteiger partial charge in [-0.15, -0.1) is 0 Å². The van der Waals surface area contributed by atoms with Crippen LogP contribution in [-0.2, 0) is 6.61 Å². The Morgan fingerprint density at radius 1 is 0.846 bits per heavy atom. The van der Waals surface area contributed by atoms with Gasteiger partial charge in [0.2, 0.25) is 0 Å². The smallest absolute Gasteiger partial charge is 0.255 e. The van der Waals surface area contributed by atoms with Gasteiger partial charge in [-0.25, -0.2) is 0 Å². The second-order valence-electron chi connectivity index (χ2n) is 6.52. The summed E-state index contributed by atoms with van der Waals surface area (Å²) in [5.41, 5.74) is 5.85. The molecule has 0 radical (unpaired) electrons. The van der Waals surface area contributed by atoms with Crippen LogP contribution in [0.3, 0.4) is 0 Å². The van der Waals surface area contributed by atoms with E-state index >= 15 is 0 Å². The zero-order valence-electron chi connectivity index (χ0n) is 15.4. The van der Waals surface area contributed by atoms with E-state index in [0.717, 1.165) is 28.1 Å². The highest BCUT2D eigenvalue weighted by molar-refractivity contribution is 6.05. The lowest BCUT2D eigenvalue weighted by Gasteiger charge is -2.12. The normalized spacial score (nSPS) is 10.4. The molecule has 3 nitrogen and oxygen atoms in total. The first-order chi connectivity index (χ1) is 12.5. The highest BCUT2D eigenvalue weighted by Crippen LogP contribution is 2.20. The molecule has 0 fully saturated rings. The van der Waals surface area contributed by atoms with Crippen molar-refractivity contribution in [2.24, 2.45) is 0 Å². The maximum atomic E-state index is 12.5. The van der Waals surface area contributed by atoms with Gasteiger partial charge in [-0.3, -0.25) is 4.79 Å². The standard InChI is InChI=1S/C23H23NO2/c1-16-7-13-21(14-8-16)26-15-19-9-11-20(12-10-19)23(25)24-22-17(2)5-4-6-18(22)3/h4-14H,15H2,1-3H3,(H,24,25). The molecule has 0 saturated heterocycles. The molecule has 0 spiro atoms. The molecule has 132 valence electrons. The van der Waals surface area contributed by atoms with Gasteiger partial charge in [-0.05, 0) is 61.7 Å². The lowest BCUT2D eigenvalue weighted by Crippen LogP contribution is -2.13. The molecule has 1 N–H and O–H groups in total. The topological polar surface area (TPSA) is 38.3 Å². The van der Waals surface area contributed by atoms with Gasteiger partial charge in [0, 0.05) is 11.3 Å². The SMILES string of the molecule is Cc1ccc(OCc2ccc(C(=O)Nc3c(C)cccc3C)cc2)cc1. The summed E-state index contributed by atoms with van der Waals surface area (Å²) >= 11 is 0. The third kappa shape index (κ3) is 4.31. The predicted octanol–water partition coefficient (Wildman–Crippen LogP) is 5.44. The second-order valence-corrected chi connectivity index (χ2v) is 6.52. The van der Waals surface area contributed by atoms with Gasteiger partial charge in [0.15, 0.2) is 0 Å². The number of aryl methyl sites for hydroxylation is 3. The number of carbonyl (C=O) groups is 1. The first-order valence-corrected chi connectivity index (χ1v) is 8.69. The maximum absolute atomic E-state index is 12.5. The Bertz CT molecular complexity index is 876. The number of carbonyl (C=O) groups excluding carboxylic acids is 1. The van der Waals surface area contributed by atoms with Gasteiger partial charge in [-0.2, -0.15) is 0 Å². The van der Waals surface area contributed by atoms with E-state index < -0.39 is 0 Å². The number of rotatable bonds is 5. The van der Waals surface area contributed by atoms with E-state index in [1.807, 2.05) is 87.5 Å². The van der Waals surface area contributed by atoms with Crippen molar-refractivity contribution in [3.63, 3.8) is 0 Å². The molecule has 3 aromatic rings. The summed E-state index contributed by atoms with van der Waals surface area (Å²) in [4.78, 5) is 12.5. The number of para-hydroxylation sites is 1. The summed E-state index contributed by atoms with van der Waals surface area (Å²) in [6, 6.07) is 21.5. The Balaban J connectivity index is 1.63. The van der Waals surface area contributed by atoms with Crippen LogP contribution in [0.2, 0.25) is 0 Å². The molecular formula is C23H23NO2. The Morgan fingerprint density at radius 3 is 2.08 bits per heavy atom. The van der Waals surface area contributed by atoms with Gasteiger partial charge in [0.25, 0.3) is 5.91 Å². The van der Waals surface area contributed by atoms with E-state index in [4.69, 9.17) is 4.74 Å². The number of benzene rings is 3. The molecule has 26 heavy (non-hydrogen) atoms. The minimum absolute atomic E-state index is 0.103. The van der Waals surface area contributed by atoms with E-state index in [1.165, 1.54) is 5.56 Å². The predicted molar refractivity (Wildman–Crippen MR) is 106 cm³/mol. The van der Waals surface area contributed by atoms with E-state index in [9.17, 15) is 4.79 Å². The van der Waals surface area contributed by atoms with E-state index in [2.05, 4.69) is 5.32 Å². The van der Waals surface area contributed by atoms with Gasteiger partial charge in [0.1, 0.15) is 12.4 Å². The fourth-order valence-corrected chi connectivity index (χ4v) is 2.75. The van der Waals surface area contributed by atoms with Gasteiger partial charge in [0.05, 0.1) is 0 Å². The molecule has 0 atom stereocenters. The molecular weight excluding hydrogens is 322 g/mol. The molecule has 1 amide bonds. The summed E-state index contributed by atoms with van der Waals surface area (Å²) in [6.07, 6.45) is 0. The zero-order chi connectivity index (χ0) is 18.5. The van der Waals surface area contributed by atoms with Crippen molar-refractivity contribution in [2.75, 3.05) is 5.32 Å². The van der Waals surface area contributed by atoms with Crippen molar-refractivity contribution in [1.29, 1.82) is 0 Å². The molecule has 0 aromatic heterocycles. The number of hydrogen-bond acceptors (Lipinski definition) is 2. The van der Waals surface area contributed by atoms with Gasteiger partial charge < -0.3 is 10.1 Å². The van der Waals surface area contributed by atoms with E-state index in [0.29, 0.717) is 12.2 Å². The largest absolute Gasteiger partial charge is 0.489 e. The maximum Gasteiger partial charge on any atom is 0.255 e. The first-order valence-electron chi connectivity index (χ1n) is 8.69. The molecule has 3 rings (SSSR count). The molecule has 0 aliphatic heterocycles. The summed E-state index contributed by atoms with van der Waals surface area (Å²) in [5.74, 6) is 0.737. The monoisotopic (exact) mass is 345 g/mol. The number of hydrogen-bond donors (Lipinski definition) is 1. The summed E-state index contributed by atoms with van der Waals surface area (Å²) in [5, 5.41) is 3.01. The van der Waals surface area contributed by atoms with Crippen molar-refractivity contribution in [1.82, 2.24) is 0 Å². The zero-order valence-corrected chi connectivity index (χ0v) is 15.4. The molecule has 0 bridgehead atoms. The summed E-state index contributed by atoms with van der Waals surface area (Å²) < 4.78 is 5.77. The molecule has 0 saturated carbocycles. The van der Waals surface area contributed by atoms with Crippen molar-refractivity contribution < 1.29 is 9.53 Å². The Morgan fingerprint density at radius 2 is 1.46 bits per heavy atom. The number of ether oxygens (including phenoxy) is 1. The van der Waals surface area contributed by atoms with Gasteiger partial charge >= 0.3 is 0 Å². The first kappa shape index (κ1) is 17.7. The fourth-order valence-electron chi connectivity index (χ4n) is 2.75. The van der Waals surface area contributed by atoms with Crippen LogP contribution in [0.1, 0.15) is 32.6 Å². The van der Waals surface area contributed by atoms with Crippen LogP contribution < -0.4 is 10.1 Å². The van der Waals surface area contributed by atoms with Crippen LogP contribution in [0.5, 0.6) is 5.75 Å². The van der Waals surface area contributed by atoms with Crippen molar-refractivity contribution in [3.8, 4) is 5.75 Å². The van der Waals surface area contributed by atoms with Crippen LogP contribution in [0.15, 0.2) is 66.7 Å².